The Balaban J connectivity index is 2.44. The van der Waals surface area contributed by atoms with Crippen molar-refractivity contribution in [2.24, 2.45) is 0 Å². The van der Waals surface area contributed by atoms with Crippen LogP contribution in [-0.2, 0) is 4.74 Å². The van der Waals surface area contributed by atoms with Crippen LogP contribution in [0.3, 0.4) is 0 Å². The summed E-state index contributed by atoms with van der Waals surface area (Å²) in [5.41, 5.74) is -0.340. The Hall–Kier alpha value is -1.02. The molecule has 23 heavy (non-hydrogen) atoms. The monoisotopic (exact) mass is 339 g/mol. The number of hydrogen-bond acceptors (Lipinski definition) is 3. The Bertz CT molecular complexity index is 394. The van der Waals surface area contributed by atoms with Crippen molar-refractivity contribution in [1.82, 2.24) is 15.1 Å². The van der Waals surface area contributed by atoms with Gasteiger partial charge < -0.3 is 15.0 Å². The van der Waals surface area contributed by atoms with Crippen molar-refractivity contribution in [2.75, 3.05) is 33.3 Å². The highest BCUT2D eigenvalue weighted by molar-refractivity contribution is 5.74. The number of urea groups is 1. The van der Waals surface area contributed by atoms with E-state index in [1.54, 1.807) is 12.0 Å². The third kappa shape index (κ3) is 6.18. The maximum Gasteiger partial charge on any atom is 0.403 e. The van der Waals surface area contributed by atoms with Crippen LogP contribution < -0.4 is 5.32 Å². The first-order valence-electron chi connectivity index (χ1n) is 7.87. The van der Waals surface area contributed by atoms with Gasteiger partial charge in [-0.2, -0.15) is 13.2 Å². The molecule has 0 aromatic rings. The largest absolute Gasteiger partial charge is 0.403 e. The second-order valence-corrected chi connectivity index (χ2v) is 6.76. The first-order valence-corrected chi connectivity index (χ1v) is 7.87. The second kappa shape index (κ2) is 7.70. The Labute approximate surface area is 136 Å². The molecule has 0 aromatic heterocycles. The summed E-state index contributed by atoms with van der Waals surface area (Å²) in [6.45, 7) is 7.97. The zero-order chi connectivity index (χ0) is 17.8. The average Bonchev–Trinajstić information content (AvgIpc) is 2.45. The van der Waals surface area contributed by atoms with Gasteiger partial charge in [0.25, 0.3) is 0 Å². The lowest BCUT2D eigenvalue weighted by Gasteiger charge is -2.39. The Morgan fingerprint density at radius 2 is 1.70 bits per heavy atom. The van der Waals surface area contributed by atoms with Gasteiger partial charge in [-0.3, -0.25) is 4.90 Å². The molecule has 0 spiro atoms. The van der Waals surface area contributed by atoms with Crippen LogP contribution in [0.25, 0.3) is 0 Å². The van der Waals surface area contributed by atoms with Gasteiger partial charge in [0.1, 0.15) is 6.04 Å². The molecule has 1 fully saturated rings. The zero-order valence-corrected chi connectivity index (χ0v) is 14.5. The summed E-state index contributed by atoms with van der Waals surface area (Å²) in [5.74, 6) is 0. The topological polar surface area (TPSA) is 44.8 Å². The smallest absolute Gasteiger partial charge is 0.379 e. The lowest BCUT2D eigenvalue weighted by molar-refractivity contribution is -0.181. The minimum absolute atomic E-state index is 0.0791. The van der Waals surface area contributed by atoms with E-state index in [1.165, 1.54) is 4.90 Å². The van der Waals surface area contributed by atoms with Gasteiger partial charge in [0.2, 0.25) is 0 Å². The average molecular weight is 339 g/mol. The Morgan fingerprint density at radius 3 is 2.13 bits per heavy atom. The number of hydrogen-bond donors (Lipinski definition) is 1. The highest BCUT2D eigenvalue weighted by atomic mass is 19.4. The molecule has 1 rings (SSSR count). The summed E-state index contributed by atoms with van der Waals surface area (Å²) in [6, 6.07) is -1.79. The minimum atomic E-state index is -4.23. The van der Waals surface area contributed by atoms with E-state index in [9.17, 15) is 18.0 Å². The first-order chi connectivity index (χ1) is 10.5. The van der Waals surface area contributed by atoms with E-state index < -0.39 is 12.2 Å². The summed E-state index contributed by atoms with van der Waals surface area (Å²) in [5, 5.41) is 2.88. The fraction of sp³-hybridized carbons (Fsp3) is 0.933. The SMILES string of the molecule is COC(C)(C)C[C@@H](C)NC(=O)N1CCN([C@H](C)C(F)(F)F)CC1. The maximum absolute atomic E-state index is 12.7. The molecule has 0 unspecified atom stereocenters. The van der Waals surface area contributed by atoms with E-state index in [2.05, 4.69) is 5.32 Å². The van der Waals surface area contributed by atoms with Crippen LogP contribution in [0.2, 0.25) is 0 Å². The van der Waals surface area contributed by atoms with E-state index in [0.29, 0.717) is 19.5 Å². The van der Waals surface area contributed by atoms with Crippen molar-refractivity contribution in [2.45, 2.75) is 58.0 Å². The summed E-state index contributed by atoms with van der Waals surface area (Å²) >= 11 is 0. The fourth-order valence-electron chi connectivity index (χ4n) is 2.69. The van der Waals surface area contributed by atoms with Crippen LogP contribution >= 0.6 is 0 Å². The maximum atomic E-state index is 12.7. The summed E-state index contributed by atoms with van der Waals surface area (Å²) in [4.78, 5) is 15.1. The number of carbonyl (C=O) groups is 1. The molecular weight excluding hydrogens is 311 g/mol. The predicted molar refractivity (Wildman–Crippen MR) is 82.4 cm³/mol. The van der Waals surface area contributed by atoms with Gasteiger partial charge in [0.05, 0.1) is 5.60 Å². The number of methoxy groups -OCH3 is 1. The van der Waals surface area contributed by atoms with Crippen molar-refractivity contribution < 1.29 is 22.7 Å². The van der Waals surface area contributed by atoms with Gasteiger partial charge >= 0.3 is 12.2 Å². The third-order valence-corrected chi connectivity index (χ3v) is 4.34. The van der Waals surface area contributed by atoms with Crippen molar-refractivity contribution in [3.05, 3.63) is 0 Å². The molecule has 0 radical (unpaired) electrons. The standard InChI is InChI=1S/C15H28F3N3O2/c1-11(10-14(3,4)23-5)19-13(22)21-8-6-20(7-9-21)12(2)15(16,17)18/h11-12H,6-10H2,1-5H3,(H,19,22)/t11-,12-/m1/s1. The van der Waals surface area contributed by atoms with E-state index in [1.807, 2.05) is 20.8 Å². The molecule has 0 aromatic carbocycles. The number of halogens is 3. The zero-order valence-electron chi connectivity index (χ0n) is 14.5. The van der Waals surface area contributed by atoms with Gasteiger partial charge in [-0.1, -0.05) is 0 Å². The van der Waals surface area contributed by atoms with Gasteiger partial charge in [-0.15, -0.1) is 0 Å². The predicted octanol–water partition coefficient (Wildman–Crippen LogP) is 2.47. The number of nitrogens with one attached hydrogen (secondary N) is 1. The van der Waals surface area contributed by atoms with Crippen LogP contribution in [0.1, 0.15) is 34.1 Å². The van der Waals surface area contributed by atoms with E-state index in [0.717, 1.165) is 6.92 Å². The second-order valence-electron chi connectivity index (χ2n) is 6.76. The highest BCUT2D eigenvalue weighted by Gasteiger charge is 2.41. The number of piperazine rings is 1. The van der Waals surface area contributed by atoms with E-state index in [-0.39, 0.29) is 30.8 Å². The lowest BCUT2D eigenvalue weighted by Crippen LogP contribution is -2.57. The highest BCUT2D eigenvalue weighted by Crippen LogP contribution is 2.25. The Morgan fingerprint density at radius 1 is 1.17 bits per heavy atom. The molecule has 0 saturated carbocycles. The van der Waals surface area contributed by atoms with Gasteiger partial charge in [0.15, 0.2) is 0 Å². The first kappa shape index (κ1) is 20.0. The molecule has 0 bridgehead atoms. The van der Waals surface area contributed by atoms with Crippen LogP contribution in [0.15, 0.2) is 0 Å². The van der Waals surface area contributed by atoms with Gasteiger partial charge in [-0.05, 0) is 34.1 Å². The molecule has 1 N–H and O–H groups in total. The molecule has 136 valence electrons. The minimum Gasteiger partial charge on any atom is -0.379 e. The van der Waals surface area contributed by atoms with Gasteiger partial charge in [0, 0.05) is 39.3 Å². The molecular formula is C15H28F3N3O2. The summed E-state index contributed by atoms with van der Waals surface area (Å²) in [6.07, 6.45) is -3.58. The van der Waals surface area contributed by atoms with Crippen LogP contribution in [0.4, 0.5) is 18.0 Å². The number of nitrogens with zero attached hydrogens (tertiary/aromatic N) is 2. The normalized spacial score (nSPS) is 20.3. The van der Waals surface area contributed by atoms with Crippen molar-refractivity contribution in [3.63, 3.8) is 0 Å². The number of rotatable bonds is 5. The quantitative estimate of drug-likeness (QED) is 0.837. The molecule has 8 heteroatoms. The van der Waals surface area contributed by atoms with Crippen molar-refractivity contribution >= 4 is 6.03 Å². The summed E-state index contributed by atoms with van der Waals surface area (Å²) in [7, 11) is 1.62. The van der Waals surface area contributed by atoms with Gasteiger partial charge in [-0.25, -0.2) is 4.79 Å². The van der Waals surface area contributed by atoms with Crippen LogP contribution in [-0.4, -0.2) is 73.0 Å². The molecule has 1 aliphatic rings. The van der Waals surface area contributed by atoms with Crippen molar-refractivity contribution in [3.8, 4) is 0 Å². The molecule has 1 saturated heterocycles. The summed E-state index contributed by atoms with van der Waals surface area (Å²) < 4.78 is 43.4. The number of carbonyl (C=O) groups excluding carboxylic acids is 1. The lowest BCUT2D eigenvalue weighted by atomic mass is 10.00. The number of ether oxygens (including phenoxy) is 1. The number of amides is 2. The molecule has 5 nitrogen and oxygen atoms in total. The molecule has 2 amide bonds. The fourth-order valence-corrected chi connectivity index (χ4v) is 2.69. The van der Waals surface area contributed by atoms with Crippen LogP contribution in [0.5, 0.6) is 0 Å². The molecule has 1 heterocycles. The number of alkyl halides is 3. The van der Waals surface area contributed by atoms with E-state index >= 15 is 0 Å². The Kier molecular flexibility index (Phi) is 6.70. The van der Waals surface area contributed by atoms with E-state index in [4.69, 9.17) is 4.74 Å². The molecule has 2 atom stereocenters. The van der Waals surface area contributed by atoms with Crippen molar-refractivity contribution in [1.29, 1.82) is 0 Å². The third-order valence-electron chi connectivity index (χ3n) is 4.34. The molecule has 0 aliphatic carbocycles. The van der Waals surface area contributed by atoms with Crippen LogP contribution in [0, 0.1) is 0 Å². The molecule has 1 aliphatic heterocycles.